The Labute approximate surface area is 145 Å². The van der Waals surface area contributed by atoms with Crippen LogP contribution in [0.15, 0.2) is 47.3 Å². The van der Waals surface area contributed by atoms with E-state index in [4.69, 9.17) is 5.73 Å². The van der Waals surface area contributed by atoms with E-state index in [0.717, 1.165) is 25.7 Å². The SMILES string of the molecule is NC(=O)CN(C(=O)c1ccc(=O)n(-c2ccccc2)n1)C1CCCC1. The first-order chi connectivity index (χ1) is 12.1. The maximum absolute atomic E-state index is 12.9. The second-order valence-electron chi connectivity index (χ2n) is 6.14. The third kappa shape index (κ3) is 3.76. The number of aromatic nitrogens is 2. The zero-order valence-corrected chi connectivity index (χ0v) is 13.8. The summed E-state index contributed by atoms with van der Waals surface area (Å²) in [6.07, 6.45) is 3.73. The third-order valence-electron chi connectivity index (χ3n) is 4.37. The molecule has 7 heteroatoms. The van der Waals surface area contributed by atoms with E-state index < -0.39 is 5.91 Å². The fraction of sp³-hybridized carbons (Fsp3) is 0.333. The summed E-state index contributed by atoms with van der Waals surface area (Å²) >= 11 is 0. The molecule has 0 radical (unpaired) electrons. The molecule has 130 valence electrons. The van der Waals surface area contributed by atoms with Gasteiger partial charge in [-0.2, -0.15) is 9.78 Å². The average molecular weight is 340 g/mol. The van der Waals surface area contributed by atoms with Crippen LogP contribution in [0.5, 0.6) is 0 Å². The zero-order chi connectivity index (χ0) is 17.8. The number of para-hydroxylation sites is 1. The van der Waals surface area contributed by atoms with Crippen molar-refractivity contribution in [3.05, 3.63) is 58.5 Å². The van der Waals surface area contributed by atoms with Gasteiger partial charge in [-0.3, -0.25) is 14.4 Å². The fourth-order valence-electron chi connectivity index (χ4n) is 3.18. The lowest BCUT2D eigenvalue weighted by Crippen LogP contribution is -2.44. The summed E-state index contributed by atoms with van der Waals surface area (Å²) < 4.78 is 1.18. The van der Waals surface area contributed by atoms with E-state index >= 15 is 0 Å². The molecule has 0 unspecified atom stereocenters. The third-order valence-corrected chi connectivity index (χ3v) is 4.37. The van der Waals surface area contributed by atoms with Crippen LogP contribution in [0, 0.1) is 0 Å². The summed E-state index contributed by atoms with van der Waals surface area (Å²) in [6, 6.07) is 11.6. The number of hydrogen-bond acceptors (Lipinski definition) is 4. The Morgan fingerprint density at radius 3 is 2.44 bits per heavy atom. The minimum absolute atomic E-state index is 0.0149. The molecule has 2 N–H and O–H groups in total. The van der Waals surface area contributed by atoms with Crippen molar-refractivity contribution in [1.29, 1.82) is 0 Å². The van der Waals surface area contributed by atoms with Crippen LogP contribution in [0.1, 0.15) is 36.2 Å². The standard InChI is InChI=1S/C18H20N4O3/c19-16(23)12-21(13-6-4-5-7-13)18(25)15-10-11-17(24)22(20-15)14-8-2-1-3-9-14/h1-3,8-11,13H,4-7,12H2,(H2,19,23). The molecular weight excluding hydrogens is 320 g/mol. The number of primary amides is 1. The summed E-state index contributed by atoms with van der Waals surface area (Å²) in [5.74, 6) is -0.938. The van der Waals surface area contributed by atoms with E-state index in [1.807, 2.05) is 6.07 Å². The highest BCUT2D eigenvalue weighted by molar-refractivity contribution is 5.94. The van der Waals surface area contributed by atoms with Crippen LogP contribution in [0.4, 0.5) is 0 Å². The number of hydrogen-bond donors (Lipinski definition) is 1. The average Bonchev–Trinajstić information content (AvgIpc) is 3.14. The van der Waals surface area contributed by atoms with Crippen molar-refractivity contribution in [2.24, 2.45) is 5.73 Å². The topological polar surface area (TPSA) is 98.3 Å². The first kappa shape index (κ1) is 16.9. The molecule has 1 aliphatic rings. The molecule has 2 aromatic rings. The largest absolute Gasteiger partial charge is 0.368 e. The fourth-order valence-corrected chi connectivity index (χ4v) is 3.18. The van der Waals surface area contributed by atoms with Gasteiger partial charge in [-0.1, -0.05) is 31.0 Å². The molecule has 1 saturated carbocycles. The van der Waals surface area contributed by atoms with Crippen LogP contribution in [0.2, 0.25) is 0 Å². The number of benzene rings is 1. The van der Waals surface area contributed by atoms with Gasteiger partial charge in [0.05, 0.1) is 12.2 Å². The molecule has 0 saturated heterocycles. The molecule has 7 nitrogen and oxygen atoms in total. The van der Waals surface area contributed by atoms with Gasteiger partial charge in [-0.05, 0) is 31.0 Å². The molecule has 2 amide bonds. The van der Waals surface area contributed by atoms with E-state index in [-0.39, 0.29) is 29.7 Å². The van der Waals surface area contributed by atoms with Crippen molar-refractivity contribution in [2.45, 2.75) is 31.7 Å². The number of nitrogens with zero attached hydrogens (tertiary/aromatic N) is 3. The maximum Gasteiger partial charge on any atom is 0.275 e. The maximum atomic E-state index is 12.9. The van der Waals surface area contributed by atoms with Gasteiger partial charge in [-0.25, -0.2) is 0 Å². The normalized spacial score (nSPS) is 14.4. The molecule has 25 heavy (non-hydrogen) atoms. The Morgan fingerprint density at radius 2 is 1.80 bits per heavy atom. The lowest BCUT2D eigenvalue weighted by atomic mass is 10.2. The molecule has 0 spiro atoms. The van der Waals surface area contributed by atoms with E-state index in [0.29, 0.717) is 5.69 Å². The van der Waals surface area contributed by atoms with Crippen molar-refractivity contribution >= 4 is 11.8 Å². The quantitative estimate of drug-likeness (QED) is 0.881. The van der Waals surface area contributed by atoms with Crippen LogP contribution >= 0.6 is 0 Å². The van der Waals surface area contributed by atoms with Crippen LogP contribution in [0.25, 0.3) is 5.69 Å². The van der Waals surface area contributed by atoms with E-state index in [9.17, 15) is 14.4 Å². The predicted octanol–water partition coefficient (Wildman–Crippen LogP) is 1.10. The zero-order valence-electron chi connectivity index (χ0n) is 13.8. The van der Waals surface area contributed by atoms with E-state index in [2.05, 4.69) is 5.10 Å². The van der Waals surface area contributed by atoms with Gasteiger partial charge >= 0.3 is 0 Å². The van der Waals surface area contributed by atoms with Crippen molar-refractivity contribution < 1.29 is 9.59 Å². The molecule has 1 aliphatic carbocycles. The predicted molar refractivity (Wildman–Crippen MR) is 92.3 cm³/mol. The van der Waals surface area contributed by atoms with E-state index in [1.54, 1.807) is 24.3 Å². The van der Waals surface area contributed by atoms with Gasteiger partial charge in [0.25, 0.3) is 11.5 Å². The van der Waals surface area contributed by atoms with Crippen LogP contribution in [0.3, 0.4) is 0 Å². The molecule has 1 fully saturated rings. The summed E-state index contributed by atoms with van der Waals surface area (Å²) in [5.41, 5.74) is 5.68. The summed E-state index contributed by atoms with van der Waals surface area (Å²) in [7, 11) is 0. The summed E-state index contributed by atoms with van der Waals surface area (Å²) in [5, 5.41) is 4.20. The highest BCUT2D eigenvalue weighted by atomic mass is 16.2. The lowest BCUT2D eigenvalue weighted by Gasteiger charge is -2.27. The Kier molecular flexibility index (Phi) is 4.92. The molecule has 0 atom stereocenters. The second kappa shape index (κ2) is 7.29. The molecule has 1 aromatic carbocycles. The minimum Gasteiger partial charge on any atom is -0.368 e. The Hall–Kier alpha value is -2.96. The second-order valence-corrected chi connectivity index (χ2v) is 6.14. The Balaban J connectivity index is 1.95. The number of carbonyl (C=O) groups is 2. The number of amides is 2. The lowest BCUT2D eigenvalue weighted by molar-refractivity contribution is -0.119. The van der Waals surface area contributed by atoms with Crippen molar-refractivity contribution in [2.75, 3.05) is 6.54 Å². The highest BCUT2D eigenvalue weighted by Crippen LogP contribution is 2.24. The highest BCUT2D eigenvalue weighted by Gasteiger charge is 2.29. The summed E-state index contributed by atoms with van der Waals surface area (Å²) in [6.45, 7) is -0.143. The molecule has 0 bridgehead atoms. The first-order valence-corrected chi connectivity index (χ1v) is 8.31. The first-order valence-electron chi connectivity index (χ1n) is 8.31. The van der Waals surface area contributed by atoms with Gasteiger partial charge in [0, 0.05) is 12.1 Å². The molecule has 1 heterocycles. The van der Waals surface area contributed by atoms with Crippen molar-refractivity contribution in [1.82, 2.24) is 14.7 Å². The Bertz CT molecular complexity index is 826. The number of carbonyl (C=O) groups excluding carboxylic acids is 2. The van der Waals surface area contributed by atoms with Gasteiger partial charge in [0.1, 0.15) is 5.69 Å². The molecular formula is C18H20N4O3. The number of rotatable bonds is 5. The van der Waals surface area contributed by atoms with Gasteiger partial charge < -0.3 is 10.6 Å². The van der Waals surface area contributed by atoms with Crippen LogP contribution in [-0.2, 0) is 4.79 Å². The molecule has 0 aliphatic heterocycles. The Morgan fingerprint density at radius 1 is 1.12 bits per heavy atom. The molecule has 1 aromatic heterocycles. The van der Waals surface area contributed by atoms with Crippen LogP contribution < -0.4 is 11.3 Å². The number of nitrogens with two attached hydrogens (primary N) is 1. The van der Waals surface area contributed by atoms with Crippen LogP contribution in [-0.4, -0.2) is 39.1 Å². The minimum atomic E-state index is -0.559. The van der Waals surface area contributed by atoms with Crippen molar-refractivity contribution in [3.63, 3.8) is 0 Å². The van der Waals surface area contributed by atoms with Gasteiger partial charge in [0.2, 0.25) is 5.91 Å². The summed E-state index contributed by atoms with van der Waals surface area (Å²) in [4.78, 5) is 37.9. The van der Waals surface area contributed by atoms with E-state index in [1.165, 1.54) is 21.7 Å². The molecule has 3 rings (SSSR count). The van der Waals surface area contributed by atoms with Gasteiger partial charge in [-0.15, -0.1) is 0 Å². The van der Waals surface area contributed by atoms with Crippen molar-refractivity contribution in [3.8, 4) is 5.69 Å². The van der Waals surface area contributed by atoms with Gasteiger partial charge in [0.15, 0.2) is 0 Å². The smallest absolute Gasteiger partial charge is 0.275 e. The monoisotopic (exact) mass is 340 g/mol.